The highest BCUT2D eigenvalue weighted by Crippen LogP contribution is 2.47. The molecule has 1 nitrogen and oxygen atoms in total. The number of hydrogen-bond acceptors (Lipinski definition) is 2. The summed E-state index contributed by atoms with van der Waals surface area (Å²) in [7, 11) is -2.91. The third-order valence-corrected chi connectivity index (χ3v) is 16.5. The molecule has 1 aromatic heterocycles. The van der Waals surface area contributed by atoms with Gasteiger partial charge in [0.05, 0.1) is 21.4 Å². The maximum Gasteiger partial charge on any atom is 0.179 e. The van der Waals surface area contributed by atoms with Crippen LogP contribution in [-0.4, -0.2) is 8.07 Å². The monoisotopic (exact) mass is 739 g/mol. The van der Waals surface area contributed by atoms with E-state index in [9.17, 15) is 0 Å². The van der Waals surface area contributed by atoms with Gasteiger partial charge in [-0.1, -0.05) is 174 Å². The standard InChI is InChI=1S/C46H43Cl2NSSi/c1-45(2,3)32-22-25-34(26-23-32)49(42-31-50-43-27-24-33(28-39(42)43)46(4,5)6)41-30-38(29-40(47)44(41)48)51(35-16-10-7-11-17-35,36-18-12-8-13-19-36)37-20-14-9-15-21-37/h7-31H,1-6H3. The van der Waals surface area contributed by atoms with E-state index in [1.54, 1.807) is 11.3 Å². The van der Waals surface area contributed by atoms with Crippen LogP contribution in [0.5, 0.6) is 0 Å². The zero-order valence-corrected chi connectivity index (χ0v) is 33.4. The summed E-state index contributed by atoms with van der Waals surface area (Å²) in [6.45, 7) is 13.6. The number of nitrogens with zero attached hydrogens (tertiary/aromatic N) is 1. The van der Waals surface area contributed by atoms with Crippen LogP contribution in [0.25, 0.3) is 10.1 Å². The molecule has 0 spiro atoms. The molecule has 256 valence electrons. The lowest BCUT2D eigenvalue weighted by Crippen LogP contribution is -2.74. The number of fused-ring (bicyclic) bond motifs is 1. The van der Waals surface area contributed by atoms with Crippen LogP contribution in [-0.2, 0) is 10.8 Å². The van der Waals surface area contributed by atoms with Crippen molar-refractivity contribution in [2.45, 2.75) is 52.4 Å². The second-order valence-electron chi connectivity index (χ2n) is 15.4. The predicted octanol–water partition coefficient (Wildman–Crippen LogP) is 11.7. The van der Waals surface area contributed by atoms with Crippen LogP contribution in [0, 0.1) is 0 Å². The van der Waals surface area contributed by atoms with E-state index in [0.29, 0.717) is 10.0 Å². The van der Waals surface area contributed by atoms with Crippen LogP contribution in [0.15, 0.2) is 151 Å². The third-order valence-electron chi connectivity index (χ3n) is 9.95. The first-order chi connectivity index (χ1) is 24.4. The molecule has 0 unspecified atom stereocenters. The smallest absolute Gasteiger partial charge is 0.179 e. The summed E-state index contributed by atoms with van der Waals surface area (Å²) in [5, 5.41) is 9.54. The lowest BCUT2D eigenvalue weighted by molar-refractivity contribution is 0.590. The molecule has 0 aliphatic heterocycles. The average Bonchev–Trinajstić information content (AvgIpc) is 3.54. The van der Waals surface area contributed by atoms with Gasteiger partial charge in [-0.3, -0.25) is 0 Å². The summed E-state index contributed by atoms with van der Waals surface area (Å²) in [5.41, 5.74) is 5.57. The molecule has 0 bridgehead atoms. The highest BCUT2D eigenvalue weighted by atomic mass is 35.5. The van der Waals surface area contributed by atoms with Crippen molar-refractivity contribution in [1.29, 1.82) is 0 Å². The summed E-state index contributed by atoms with van der Waals surface area (Å²) in [4.78, 5) is 2.33. The zero-order valence-electron chi connectivity index (χ0n) is 30.0. The Labute approximate surface area is 318 Å². The molecule has 6 aromatic carbocycles. The maximum atomic E-state index is 7.42. The molecular weight excluding hydrogens is 698 g/mol. The van der Waals surface area contributed by atoms with E-state index in [2.05, 4.69) is 197 Å². The van der Waals surface area contributed by atoms with Gasteiger partial charge in [0.2, 0.25) is 0 Å². The van der Waals surface area contributed by atoms with Crippen LogP contribution >= 0.6 is 34.5 Å². The van der Waals surface area contributed by atoms with Crippen molar-refractivity contribution in [1.82, 2.24) is 0 Å². The molecule has 0 atom stereocenters. The lowest BCUT2D eigenvalue weighted by Gasteiger charge is -2.36. The third kappa shape index (κ3) is 6.58. The Hall–Kier alpha value is -4.12. The molecule has 7 rings (SSSR count). The number of halogens is 2. The van der Waals surface area contributed by atoms with Gasteiger partial charge >= 0.3 is 0 Å². The highest BCUT2D eigenvalue weighted by molar-refractivity contribution is 7.20. The molecule has 0 amide bonds. The Bertz CT molecular complexity index is 2190. The molecule has 1 heterocycles. The van der Waals surface area contributed by atoms with Gasteiger partial charge in [-0.05, 0) is 79.1 Å². The van der Waals surface area contributed by atoms with E-state index in [0.717, 1.165) is 17.1 Å². The minimum Gasteiger partial charge on any atom is -0.307 e. The molecule has 5 heteroatoms. The van der Waals surface area contributed by atoms with Crippen LogP contribution in [0.4, 0.5) is 17.1 Å². The number of anilines is 3. The molecule has 7 aromatic rings. The topological polar surface area (TPSA) is 3.24 Å². The van der Waals surface area contributed by atoms with E-state index >= 15 is 0 Å². The summed E-state index contributed by atoms with van der Waals surface area (Å²) >= 11 is 16.5. The fourth-order valence-corrected chi connectivity index (χ4v) is 13.4. The first-order valence-electron chi connectivity index (χ1n) is 17.5. The van der Waals surface area contributed by atoms with Crippen LogP contribution in [0.3, 0.4) is 0 Å². The van der Waals surface area contributed by atoms with Crippen molar-refractivity contribution in [3.8, 4) is 0 Å². The van der Waals surface area contributed by atoms with Gasteiger partial charge in [-0.2, -0.15) is 0 Å². The Kier molecular flexibility index (Phi) is 9.54. The number of hydrogen-bond donors (Lipinski definition) is 0. The summed E-state index contributed by atoms with van der Waals surface area (Å²) in [6.07, 6.45) is 0. The Morgan fingerprint density at radius 2 is 1.00 bits per heavy atom. The maximum absolute atomic E-state index is 7.42. The molecule has 0 aliphatic rings. The second-order valence-corrected chi connectivity index (χ2v) is 20.9. The molecule has 0 radical (unpaired) electrons. The fraction of sp³-hybridized carbons (Fsp3) is 0.174. The van der Waals surface area contributed by atoms with E-state index in [1.165, 1.54) is 42.0 Å². The van der Waals surface area contributed by atoms with Gasteiger partial charge in [0.15, 0.2) is 8.07 Å². The van der Waals surface area contributed by atoms with Crippen LogP contribution in [0.1, 0.15) is 52.7 Å². The van der Waals surface area contributed by atoms with Gasteiger partial charge in [-0.25, -0.2) is 0 Å². The summed E-state index contributed by atoms with van der Waals surface area (Å²) in [5.74, 6) is 0. The van der Waals surface area contributed by atoms with Crippen LogP contribution < -0.4 is 25.6 Å². The first kappa shape index (κ1) is 35.3. The van der Waals surface area contributed by atoms with E-state index in [1.807, 2.05) is 0 Å². The predicted molar refractivity (Wildman–Crippen MR) is 228 cm³/mol. The summed E-state index contributed by atoms with van der Waals surface area (Å²) < 4.78 is 1.23. The normalized spacial score (nSPS) is 12.3. The molecular formula is C46H43Cl2NSSi. The molecule has 0 N–H and O–H groups in total. The largest absolute Gasteiger partial charge is 0.307 e. The quantitative estimate of drug-likeness (QED) is 0.116. The minimum atomic E-state index is -2.91. The average molecular weight is 741 g/mol. The number of benzene rings is 6. The van der Waals surface area contributed by atoms with E-state index < -0.39 is 8.07 Å². The molecule has 0 saturated carbocycles. The van der Waals surface area contributed by atoms with Crippen molar-refractivity contribution in [3.63, 3.8) is 0 Å². The first-order valence-corrected chi connectivity index (χ1v) is 21.1. The minimum absolute atomic E-state index is 0.000291. The highest BCUT2D eigenvalue weighted by Gasteiger charge is 2.42. The Morgan fingerprint density at radius 3 is 1.49 bits per heavy atom. The number of thiophene rings is 1. The van der Waals surface area contributed by atoms with Gasteiger partial charge in [0, 0.05) is 21.2 Å². The fourth-order valence-electron chi connectivity index (χ4n) is 7.19. The van der Waals surface area contributed by atoms with Gasteiger partial charge < -0.3 is 4.90 Å². The second kappa shape index (κ2) is 13.8. The van der Waals surface area contributed by atoms with Crippen molar-refractivity contribution in [2.24, 2.45) is 0 Å². The van der Waals surface area contributed by atoms with Crippen molar-refractivity contribution >= 4 is 90.5 Å². The molecule has 51 heavy (non-hydrogen) atoms. The Balaban J connectivity index is 1.57. The van der Waals surface area contributed by atoms with Crippen molar-refractivity contribution in [2.75, 3.05) is 4.90 Å². The molecule has 0 saturated heterocycles. The molecule has 0 fully saturated rings. The lowest BCUT2D eigenvalue weighted by atomic mass is 9.86. The van der Waals surface area contributed by atoms with E-state index in [4.69, 9.17) is 23.2 Å². The van der Waals surface area contributed by atoms with E-state index in [-0.39, 0.29) is 10.8 Å². The Morgan fingerprint density at radius 1 is 0.510 bits per heavy atom. The van der Waals surface area contributed by atoms with Gasteiger partial charge in [-0.15, -0.1) is 11.3 Å². The SMILES string of the molecule is CC(C)(C)c1ccc(N(c2cc([Si](c3ccccc3)(c3ccccc3)c3ccccc3)cc(Cl)c2Cl)c2csc3ccc(C(C)(C)C)cc23)cc1. The van der Waals surface area contributed by atoms with Gasteiger partial charge in [0.1, 0.15) is 0 Å². The van der Waals surface area contributed by atoms with Gasteiger partial charge in [0.25, 0.3) is 0 Å². The van der Waals surface area contributed by atoms with Crippen molar-refractivity contribution in [3.05, 3.63) is 172 Å². The van der Waals surface area contributed by atoms with Crippen molar-refractivity contribution < 1.29 is 0 Å². The summed E-state index contributed by atoms with van der Waals surface area (Å²) in [6, 6.07) is 53.1. The van der Waals surface area contributed by atoms with Crippen LogP contribution in [0.2, 0.25) is 10.0 Å². The number of rotatable bonds is 7. The molecule has 0 aliphatic carbocycles. The zero-order chi connectivity index (χ0) is 36.0.